The molecular weight excluding hydrogens is 766 g/mol. The summed E-state index contributed by atoms with van der Waals surface area (Å²) < 4.78 is 18.7. The zero-order valence-corrected chi connectivity index (χ0v) is 33.1. The molecule has 1 spiro atoms. The molecule has 292 valence electrons. The maximum Gasteiger partial charge on any atom is 0.313 e. The van der Waals surface area contributed by atoms with Crippen LogP contribution in [0.5, 0.6) is 0 Å². The summed E-state index contributed by atoms with van der Waals surface area (Å²) in [6, 6.07) is 19.9. The van der Waals surface area contributed by atoms with Crippen LogP contribution in [0, 0.1) is 17.8 Å². The van der Waals surface area contributed by atoms with Crippen LogP contribution in [0.15, 0.2) is 98.1 Å². The van der Waals surface area contributed by atoms with E-state index in [4.69, 9.17) is 14.2 Å². The molecule has 2 N–H and O–H groups in total. The lowest BCUT2D eigenvalue weighted by Crippen LogP contribution is -2.60. The fourth-order valence-corrected chi connectivity index (χ4v) is 9.61. The number of aliphatic hydroxyl groups is 1. The molecule has 3 fully saturated rings. The first kappa shape index (κ1) is 40.3. The summed E-state index contributed by atoms with van der Waals surface area (Å²) in [6.07, 6.45) is 2.44. The van der Waals surface area contributed by atoms with E-state index in [2.05, 4.69) is 34.4 Å². The Hall–Kier alpha value is -4.36. The second kappa shape index (κ2) is 17.2. The van der Waals surface area contributed by atoms with Crippen LogP contribution in [-0.2, 0) is 33.4 Å². The molecule has 3 aromatic rings. The van der Waals surface area contributed by atoms with Crippen molar-refractivity contribution >= 4 is 56.1 Å². The average molecular weight is 817 g/mol. The second-order valence-corrected chi connectivity index (χ2v) is 16.1. The van der Waals surface area contributed by atoms with Crippen molar-refractivity contribution in [1.29, 1.82) is 0 Å². The highest BCUT2D eigenvalue weighted by molar-refractivity contribution is 9.09. The number of halogens is 1. The topological polar surface area (TPSA) is 135 Å². The quantitative estimate of drug-likeness (QED) is 0.104. The van der Waals surface area contributed by atoms with E-state index in [0.717, 1.165) is 10.8 Å². The standard InChI is InChI=1S/C43H50BrN3O8/c1-6-8-18-34(49)45-32(25-53-5)37(28-15-10-9-11-16-28)54-42(52)35-36-40(50)47(33(24-48)26(3)4)39(43(36)23-31(44)38(35)55-43)41(51)46(21-7-2)30-20-19-27-14-12-13-17-29(27)22-30/h6-7,9-17,19-20,22,26,31-33,35-39,48H,1-2,8,18,21,23-25H2,3-5H3,(H,45,49)/t31?,32-,33-,35-,36+,37-,38-,39-,43+/m0/s1. The van der Waals surface area contributed by atoms with Crippen molar-refractivity contribution in [2.45, 2.75) is 73.9 Å². The number of fused-ring (bicyclic) bond motifs is 2. The molecule has 3 amide bonds. The van der Waals surface area contributed by atoms with Gasteiger partial charge in [-0.1, -0.05) is 103 Å². The fraction of sp³-hybridized carbons (Fsp3) is 0.442. The molecule has 3 aliphatic rings. The number of hydrogen-bond acceptors (Lipinski definition) is 8. The second-order valence-electron chi connectivity index (χ2n) is 14.9. The molecule has 9 atom stereocenters. The summed E-state index contributed by atoms with van der Waals surface area (Å²) in [5, 5.41) is 15.7. The summed E-state index contributed by atoms with van der Waals surface area (Å²) in [7, 11) is 1.50. The molecule has 1 unspecified atom stereocenters. The lowest BCUT2D eigenvalue weighted by atomic mass is 9.70. The molecule has 3 saturated heterocycles. The van der Waals surface area contributed by atoms with E-state index in [0.29, 0.717) is 17.7 Å². The number of esters is 1. The van der Waals surface area contributed by atoms with E-state index < -0.39 is 77.0 Å². The van der Waals surface area contributed by atoms with Crippen LogP contribution in [0.2, 0.25) is 0 Å². The highest BCUT2D eigenvalue weighted by Crippen LogP contribution is 2.61. The zero-order valence-electron chi connectivity index (χ0n) is 31.5. The van der Waals surface area contributed by atoms with Crippen LogP contribution in [0.25, 0.3) is 10.8 Å². The van der Waals surface area contributed by atoms with Gasteiger partial charge in [-0.3, -0.25) is 19.2 Å². The van der Waals surface area contributed by atoms with Gasteiger partial charge in [0.05, 0.1) is 43.2 Å². The number of allylic oxidation sites excluding steroid dienone is 1. The smallest absolute Gasteiger partial charge is 0.313 e. The Morgan fingerprint density at radius 3 is 2.44 bits per heavy atom. The summed E-state index contributed by atoms with van der Waals surface area (Å²) >= 11 is 3.76. The minimum atomic E-state index is -1.41. The molecule has 3 heterocycles. The fourth-order valence-electron chi connectivity index (χ4n) is 8.66. The predicted molar refractivity (Wildman–Crippen MR) is 213 cm³/mol. The van der Waals surface area contributed by atoms with Crippen LogP contribution in [-0.4, -0.2) is 95.2 Å². The Kier molecular flexibility index (Phi) is 12.6. The third-order valence-corrected chi connectivity index (χ3v) is 12.0. The number of carbonyl (C=O) groups excluding carboxylic acids is 4. The molecule has 3 aromatic carbocycles. The van der Waals surface area contributed by atoms with Gasteiger partial charge in [0.1, 0.15) is 17.7 Å². The third kappa shape index (κ3) is 7.61. The van der Waals surface area contributed by atoms with Crippen molar-refractivity contribution in [3.8, 4) is 0 Å². The number of alkyl halides is 1. The van der Waals surface area contributed by atoms with Crippen LogP contribution < -0.4 is 10.2 Å². The van der Waals surface area contributed by atoms with Gasteiger partial charge in [-0.2, -0.15) is 0 Å². The summed E-state index contributed by atoms with van der Waals surface area (Å²) in [5.74, 6) is -4.22. The summed E-state index contributed by atoms with van der Waals surface area (Å²) in [4.78, 5) is 60.6. The maximum atomic E-state index is 15.2. The number of carbonyl (C=O) groups is 4. The largest absolute Gasteiger partial charge is 0.455 e. The SMILES string of the molecule is C=CCCC(=O)N[C@@H](COC)[C@@H](OC(=O)[C@@H]1[C@H]2O[C@@]3(CC2Br)[C@H](C(=O)N(CC=C)c2ccc4ccccc4c2)N([C@@H](CO)C(C)C)C(=O)[C@@H]13)c1ccccc1. The number of benzene rings is 3. The Bertz CT molecular complexity index is 1910. The number of hydrogen-bond donors (Lipinski definition) is 2. The molecular formula is C43H50BrN3O8. The number of amides is 3. The van der Waals surface area contributed by atoms with Crippen molar-refractivity contribution < 1.29 is 38.5 Å². The number of methoxy groups -OCH3 is 1. The normalized spacial score (nSPS) is 25.7. The van der Waals surface area contributed by atoms with Crippen molar-refractivity contribution in [3.63, 3.8) is 0 Å². The van der Waals surface area contributed by atoms with Gasteiger partial charge in [-0.05, 0) is 47.2 Å². The third-order valence-electron chi connectivity index (χ3n) is 11.2. The highest BCUT2D eigenvalue weighted by Gasteiger charge is 2.78. The van der Waals surface area contributed by atoms with Gasteiger partial charge >= 0.3 is 5.97 Å². The molecule has 0 saturated carbocycles. The molecule has 0 aliphatic carbocycles. The molecule has 0 aromatic heterocycles. The summed E-state index contributed by atoms with van der Waals surface area (Å²) in [5.41, 5.74) is -0.175. The highest BCUT2D eigenvalue weighted by atomic mass is 79.9. The number of rotatable bonds is 17. The first-order valence-corrected chi connectivity index (χ1v) is 19.7. The van der Waals surface area contributed by atoms with E-state index in [1.54, 1.807) is 29.2 Å². The number of likely N-dealkylation sites (tertiary alicyclic amines) is 1. The number of nitrogens with one attached hydrogen (secondary N) is 1. The minimum absolute atomic E-state index is 0.0372. The van der Waals surface area contributed by atoms with E-state index in [1.165, 1.54) is 12.0 Å². The van der Waals surface area contributed by atoms with E-state index in [9.17, 15) is 19.5 Å². The predicted octanol–water partition coefficient (Wildman–Crippen LogP) is 5.51. The van der Waals surface area contributed by atoms with E-state index >= 15 is 4.79 Å². The van der Waals surface area contributed by atoms with Gasteiger partial charge < -0.3 is 34.4 Å². The van der Waals surface area contributed by atoms with Crippen molar-refractivity contribution in [1.82, 2.24) is 10.2 Å². The Morgan fingerprint density at radius 1 is 1.07 bits per heavy atom. The van der Waals surface area contributed by atoms with Crippen molar-refractivity contribution in [2.24, 2.45) is 17.8 Å². The zero-order chi connectivity index (χ0) is 39.4. The van der Waals surface area contributed by atoms with Crippen LogP contribution >= 0.6 is 15.9 Å². The van der Waals surface area contributed by atoms with E-state index in [-0.39, 0.29) is 37.8 Å². The maximum absolute atomic E-state index is 15.2. The minimum Gasteiger partial charge on any atom is -0.455 e. The first-order valence-electron chi connectivity index (χ1n) is 18.8. The molecule has 3 aliphatic heterocycles. The van der Waals surface area contributed by atoms with Crippen molar-refractivity contribution in [2.75, 3.05) is 31.8 Å². The first-order chi connectivity index (χ1) is 26.5. The van der Waals surface area contributed by atoms with Crippen LogP contribution in [0.1, 0.15) is 44.8 Å². The van der Waals surface area contributed by atoms with Crippen LogP contribution in [0.4, 0.5) is 5.69 Å². The van der Waals surface area contributed by atoms with Gasteiger partial charge in [0, 0.05) is 30.6 Å². The van der Waals surface area contributed by atoms with Gasteiger partial charge in [-0.15, -0.1) is 13.2 Å². The Labute approximate surface area is 330 Å². The van der Waals surface area contributed by atoms with Gasteiger partial charge in [0.2, 0.25) is 11.8 Å². The molecule has 11 nitrogen and oxygen atoms in total. The Balaban J connectivity index is 1.40. The number of anilines is 1. The van der Waals surface area contributed by atoms with Gasteiger partial charge in [0.25, 0.3) is 5.91 Å². The summed E-state index contributed by atoms with van der Waals surface area (Å²) in [6.45, 7) is 11.2. The molecule has 6 rings (SSSR count). The van der Waals surface area contributed by atoms with Crippen molar-refractivity contribution in [3.05, 3.63) is 104 Å². The number of aliphatic hydroxyl groups excluding tert-OH is 1. The number of nitrogens with zero attached hydrogens (tertiary/aromatic N) is 2. The van der Waals surface area contributed by atoms with E-state index in [1.807, 2.05) is 74.5 Å². The lowest BCUT2D eigenvalue weighted by molar-refractivity contribution is -0.163. The van der Waals surface area contributed by atoms with Gasteiger partial charge in [-0.25, -0.2) is 0 Å². The Morgan fingerprint density at radius 2 is 1.78 bits per heavy atom. The molecule has 0 radical (unpaired) electrons. The lowest BCUT2D eigenvalue weighted by Gasteiger charge is -2.40. The number of ether oxygens (including phenoxy) is 3. The molecule has 55 heavy (non-hydrogen) atoms. The average Bonchev–Trinajstić information content (AvgIpc) is 3.78. The molecule has 12 heteroatoms. The van der Waals surface area contributed by atoms with Crippen LogP contribution in [0.3, 0.4) is 0 Å². The molecule has 2 bridgehead atoms. The monoisotopic (exact) mass is 815 g/mol. The van der Waals surface area contributed by atoms with Gasteiger partial charge in [0.15, 0.2) is 0 Å².